The smallest absolute Gasteiger partial charge is 0.324 e. The molecule has 2 amide bonds. The van der Waals surface area contributed by atoms with Gasteiger partial charge < -0.3 is 5.32 Å². The van der Waals surface area contributed by atoms with Crippen LogP contribution in [0.5, 0.6) is 0 Å². The maximum absolute atomic E-state index is 13.9. The second-order valence-electron chi connectivity index (χ2n) is 4.84. The van der Waals surface area contributed by atoms with Crippen molar-refractivity contribution in [3.05, 3.63) is 30.2 Å². The zero-order valence-electron chi connectivity index (χ0n) is 9.70. The summed E-state index contributed by atoms with van der Waals surface area (Å²) in [5.41, 5.74) is 1.20. The molecule has 1 N–H and O–H groups in total. The van der Waals surface area contributed by atoms with Gasteiger partial charge in [0.15, 0.2) is 0 Å². The van der Waals surface area contributed by atoms with E-state index in [1.54, 1.807) is 18.2 Å². The molecule has 5 heteroatoms. The summed E-state index contributed by atoms with van der Waals surface area (Å²) in [6.07, 6.45) is 7.68. The summed E-state index contributed by atoms with van der Waals surface area (Å²) in [4.78, 5) is 14.9. The molecule has 2 aliphatic carbocycles. The first-order chi connectivity index (χ1) is 8.56. The molecule has 0 saturated heterocycles. The highest BCUT2D eigenvalue weighted by atomic mass is 19.3. The molecular weight excluding hydrogens is 238 g/mol. The first-order valence-electron chi connectivity index (χ1n) is 6.04. The Kier molecular flexibility index (Phi) is 2.57. The Hall–Kier alpha value is -1.52. The monoisotopic (exact) mass is 251 g/mol. The molecule has 0 bridgehead atoms. The number of hydrogen-bond donors (Lipinski definition) is 1. The van der Waals surface area contributed by atoms with Crippen molar-refractivity contribution in [2.24, 2.45) is 10.9 Å². The van der Waals surface area contributed by atoms with Crippen LogP contribution in [0, 0.1) is 12.3 Å². The predicted octanol–water partition coefficient (Wildman–Crippen LogP) is 2.66. The van der Waals surface area contributed by atoms with Crippen molar-refractivity contribution in [2.75, 3.05) is 0 Å². The van der Waals surface area contributed by atoms with Crippen molar-refractivity contribution in [1.29, 1.82) is 0 Å². The van der Waals surface area contributed by atoms with Crippen LogP contribution in [0.25, 0.3) is 0 Å². The van der Waals surface area contributed by atoms with Gasteiger partial charge in [0.25, 0.3) is 5.92 Å². The van der Waals surface area contributed by atoms with Gasteiger partial charge in [-0.05, 0) is 30.9 Å². The second-order valence-corrected chi connectivity index (χ2v) is 4.84. The van der Waals surface area contributed by atoms with E-state index in [1.807, 2.05) is 6.42 Å². The number of carbonyl (C=O) groups is 1. The number of carbonyl (C=O) groups excluding carboxylic acids is 1. The number of allylic oxidation sites excluding steroid dienone is 2. The summed E-state index contributed by atoms with van der Waals surface area (Å²) in [7, 11) is 0. The van der Waals surface area contributed by atoms with Gasteiger partial charge in [0, 0.05) is 12.3 Å². The Labute approximate surface area is 104 Å². The van der Waals surface area contributed by atoms with Crippen molar-refractivity contribution in [3.63, 3.8) is 0 Å². The summed E-state index contributed by atoms with van der Waals surface area (Å²) in [6, 6.07) is -0.741. The number of amides is 2. The Bertz CT molecular complexity index is 479. The largest absolute Gasteiger partial charge is 0.342 e. The van der Waals surface area contributed by atoms with E-state index in [0.717, 1.165) is 0 Å². The van der Waals surface area contributed by atoms with E-state index in [0.29, 0.717) is 24.1 Å². The fraction of sp³-hybridized carbons (Fsp3) is 0.462. The summed E-state index contributed by atoms with van der Waals surface area (Å²) < 4.78 is 27.7. The van der Waals surface area contributed by atoms with Gasteiger partial charge in [-0.2, -0.15) is 4.99 Å². The van der Waals surface area contributed by atoms with Crippen LogP contribution < -0.4 is 5.32 Å². The molecular formula is C13H13F2N2O. The molecule has 3 aliphatic rings. The van der Waals surface area contributed by atoms with E-state index in [4.69, 9.17) is 0 Å². The fourth-order valence-electron chi connectivity index (χ4n) is 2.66. The maximum atomic E-state index is 13.9. The number of nitrogens with zero attached hydrogens (tertiary/aromatic N) is 1. The normalized spacial score (nSPS) is 33.6. The van der Waals surface area contributed by atoms with Crippen LogP contribution in [0.4, 0.5) is 13.6 Å². The van der Waals surface area contributed by atoms with Crippen LogP contribution in [-0.2, 0) is 0 Å². The summed E-state index contributed by atoms with van der Waals surface area (Å²) in [6.45, 7) is 0. The minimum Gasteiger partial charge on any atom is -0.324 e. The molecule has 1 aliphatic heterocycles. The summed E-state index contributed by atoms with van der Waals surface area (Å²) in [5, 5.41) is 2.63. The quantitative estimate of drug-likeness (QED) is 0.764. The SMILES string of the molecule is O=C1N=C2C=CC(C3C[CH]CCC3(F)F)=CC2N1. The molecule has 0 aromatic heterocycles. The highest BCUT2D eigenvalue weighted by Crippen LogP contribution is 2.43. The van der Waals surface area contributed by atoms with Crippen LogP contribution in [0.1, 0.15) is 19.3 Å². The first kappa shape index (κ1) is 11.6. The van der Waals surface area contributed by atoms with Gasteiger partial charge in [0.2, 0.25) is 0 Å². The third-order valence-electron chi connectivity index (χ3n) is 3.63. The van der Waals surface area contributed by atoms with E-state index in [-0.39, 0.29) is 12.5 Å². The van der Waals surface area contributed by atoms with Crippen molar-refractivity contribution < 1.29 is 13.6 Å². The van der Waals surface area contributed by atoms with Gasteiger partial charge in [-0.25, -0.2) is 13.6 Å². The first-order valence-corrected chi connectivity index (χ1v) is 6.04. The summed E-state index contributed by atoms with van der Waals surface area (Å²) >= 11 is 0. The highest BCUT2D eigenvalue weighted by molar-refractivity contribution is 6.12. The molecule has 95 valence electrons. The van der Waals surface area contributed by atoms with Crippen LogP contribution in [0.2, 0.25) is 0 Å². The highest BCUT2D eigenvalue weighted by Gasteiger charge is 2.43. The minimum atomic E-state index is -2.66. The molecule has 1 heterocycles. The molecule has 1 saturated carbocycles. The van der Waals surface area contributed by atoms with Gasteiger partial charge in [-0.15, -0.1) is 0 Å². The number of hydrogen-bond acceptors (Lipinski definition) is 1. The van der Waals surface area contributed by atoms with E-state index in [9.17, 15) is 13.6 Å². The third-order valence-corrected chi connectivity index (χ3v) is 3.63. The molecule has 0 aromatic carbocycles. The number of nitrogens with one attached hydrogen (secondary N) is 1. The number of rotatable bonds is 1. The fourth-order valence-corrected chi connectivity index (χ4v) is 2.66. The van der Waals surface area contributed by atoms with E-state index in [1.165, 1.54) is 0 Å². The lowest BCUT2D eigenvalue weighted by Gasteiger charge is -2.33. The van der Waals surface area contributed by atoms with Gasteiger partial charge in [0.1, 0.15) is 0 Å². The van der Waals surface area contributed by atoms with Crippen molar-refractivity contribution in [1.82, 2.24) is 5.32 Å². The molecule has 0 aromatic rings. The Morgan fingerprint density at radius 2 is 2.22 bits per heavy atom. The Balaban J connectivity index is 1.86. The molecule has 18 heavy (non-hydrogen) atoms. The van der Waals surface area contributed by atoms with Crippen LogP contribution in [-0.4, -0.2) is 23.7 Å². The zero-order chi connectivity index (χ0) is 12.8. The Morgan fingerprint density at radius 1 is 1.39 bits per heavy atom. The minimum absolute atomic E-state index is 0.0964. The average Bonchev–Trinajstić information content (AvgIpc) is 2.67. The number of urea groups is 1. The zero-order valence-corrected chi connectivity index (χ0v) is 9.70. The lowest BCUT2D eigenvalue weighted by atomic mass is 9.78. The van der Waals surface area contributed by atoms with E-state index < -0.39 is 17.9 Å². The van der Waals surface area contributed by atoms with Crippen molar-refractivity contribution in [2.45, 2.75) is 31.2 Å². The molecule has 0 spiro atoms. The summed E-state index contributed by atoms with van der Waals surface area (Å²) in [5.74, 6) is -3.44. The van der Waals surface area contributed by atoms with Crippen molar-refractivity contribution >= 4 is 11.7 Å². The topological polar surface area (TPSA) is 41.5 Å². The Morgan fingerprint density at radius 3 is 3.00 bits per heavy atom. The van der Waals surface area contributed by atoms with E-state index >= 15 is 0 Å². The van der Waals surface area contributed by atoms with Gasteiger partial charge in [-0.3, -0.25) is 0 Å². The average molecular weight is 251 g/mol. The molecule has 3 nitrogen and oxygen atoms in total. The molecule has 1 radical (unpaired) electrons. The van der Waals surface area contributed by atoms with Crippen LogP contribution in [0.15, 0.2) is 28.8 Å². The lowest BCUT2D eigenvalue weighted by Crippen LogP contribution is -2.36. The molecule has 1 fully saturated rings. The van der Waals surface area contributed by atoms with E-state index in [2.05, 4.69) is 10.3 Å². The number of aliphatic imine (C=N–C) groups is 1. The number of halogens is 2. The second kappa shape index (κ2) is 4.00. The molecule has 3 rings (SSSR count). The van der Waals surface area contributed by atoms with Gasteiger partial charge in [0.05, 0.1) is 11.8 Å². The van der Waals surface area contributed by atoms with Crippen molar-refractivity contribution in [3.8, 4) is 0 Å². The van der Waals surface area contributed by atoms with Crippen LogP contribution >= 0.6 is 0 Å². The number of alkyl halides is 2. The van der Waals surface area contributed by atoms with Gasteiger partial charge in [-0.1, -0.05) is 12.2 Å². The molecule has 2 unspecified atom stereocenters. The number of fused-ring (bicyclic) bond motifs is 1. The standard InChI is InChI=1S/C13H13F2N2O/c14-13(15)6-2-1-3-9(13)8-4-5-10-11(7-8)17-12(18)16-10/h1,4-5,7,9,11H,2-3,6H2,(H,17,18). The van der Waals surface area contributed by atoms with Crippen LogP contribution in [0.3, 0.4) is 0 Å². The maximum Gasteiger partial charge on any atom is 0.342 e. The van der Waals surface area contributed by atoms with Gasteiger partial charge >= 0.3 is 6.03 Å². The lowest BCUT2D eigenvalue weighted by molar-refractivity contribution is -0.0615. The molecule has 2 atom stereocenters. The predicted molar refractivity (Wildman–Crippen MR) is 63.6 cm³/mol. The third kappa shape index (κ3) is 1.87.